The quantitative estimate of drug-likeness (QED) is 0.177. The highest BCUT2D eigenvalue weighted by atomic mass is 35.6. The molecule has 0 atom stereocenters. The summed E-state index contributed by atoms with van der Waals surface area (Å²) in [5.74, 6) is 0. The zero-order chi connectivity index (χ0) is 14.4. The minimum Gasteiger partial charge on any atom is -0.167 e. The second-order valence-corrected chi connectivity index (χ2v) is 13.0. The van der Waals surface area contributed by atoms with Crippen LogP contribution in [0.25, 0.3) is 0 Å². The van der Waals surface area contributed by atoms with Crippen LogP contribution in [0, 0.1) is 0 Å². The van der Waals surface area contributed by atoms with Crippen molar-refractivity contribution in [2.24, 2.45) is 0 Å². The third-order valence-electron chi connectivity index (χ3n) is 4.10. The van der Waals surface area contributed by atoms with Crippen LogP contribution in [-0.4, -0.2) is 7.38 Å². The van der Waals surface area contributed by atoms with E-state index in [2.05, 4.69) is 20.4 Å². The SMILES string of the molecule is CCCCCCCC[Si](C)(Cl)CCCCCCCC. The van der Waals surface area contributed by atoms with Crippen LogP contribution in [-0.2, 0) is 0 Å². The first kappa shape index (κ1) is 19.5. The number of rotatable bonds is 14. The summed E-state index contributed by atoms with van der Waals surface area (Å²) in [6.45, 7) is 6.94. The fourth-order valence-corrected chi connectivity index (χ4v) is 5.70. The van der Waals surface area contributed by atoms with Gasteiger partial charge in [0.25, 0.3) is 0 Å². The van der Waals surface area contributed by atoms with E-state index >= 15 is 0 Å². The highest BCUT2D eigenvalue weighted by molar-refractivity contribution is 7.19. The lowest BCUT2D eigenvalue weighted by Crippen LogP contribution is -2.21. The Kier molecular flexibility index (Phi) is 13.8. The summed E-state index contributed by atoms with van der Waals surface area (Å²) in [5, 5.41) is 0. The van der Waals surface area contributed by atoms with E-state index < -0.39 is 7.38 Å². The molecule has 0 bridgehead atoms. The van der Waals surface area contributed by atoms with Crippen molar-refractivity contribution in [1.29, 1.82) is 0 Å². The summed E-state index contributed by atoms with van der Waals surface area (Å²) < 4.78 is 0. The summed E-state index contributed by atoms with van der Waals surface area (Å²) >= 11 is 6.76. The molecule has 0 rings (SSSR count). The van der Waals surface area contributed by atoms with E-state index in [9.17, 15) is 0 Å². The first-order chi connectivity index (χ1) is 9.12. The number of hydrogen-bond donors (Lipinski definition) is 0. The molecule has 0 N–H and O–H groups in total. The van der Waals surface area contributed by atoms with Gasteiger partial charge in [0.05, 0.1) is 0 Å². The van der Waals surface area contributed by atoms with Crippen molar-refractivity contribution in [3.8, 4) is 0 Å². The van der Waals surface area contributed by atoms with Gasteiger partial charge in [-0.2, -0.15) is 11.1 Å². The molecule has 0 aromatic heterocycles. The Bertz CT molecular complexity index is 162. The maximum atomic E-state index is 6.76. The molecule has 0 unspecified atom stereocenters. The van der Waals surface area contributed by atoms with Crippen LogP contribution in [0.3, 0.4) is 0 Å². The molecule has 0 aliphatic rings. The van der Waals surface area contributed by atoms with Crippen molar-refractivity contribution in [2.45, 2.75) is 110 Å². The van der Waals surface area contributed by atoms with Crippen LogP contribution in [0.15, 0.2) is 0 Å². The van der Waals surface area contributed by atoms with Gasteiger partial charge >= 0.3 is 0 Å². The molecule has 0 nitrogen and oxygen atoms in total. The Morgan fingerprint density at radius 1 is 0.579 bits per heavy atom. The summed E-state index contributed by atoms with van der Waals surface area (Å²) in [6.07, 6.45) is 16.8. The summed E-state index contributed by atoms with van der Waals surface area (Å²) in [6, 6.07) is 2.69. The second-order valence-electron chi connectivity index (χ2n) is 6.45. The van der Waals surface area contributed by atoms with E-state index in [0.29, 0.717) is 0 Å². The number of hydrogen-bond acceptors (Lipinski definition) is 0. The van der Waals surface area contributed by atoms with Gasteiger partial charge in [0.1, 0.15) is 0 Å². The second kappa shape index (κ2) is 13.5. The van der Waals surface area contributed by atoms with Crippen molar-refractivity contribution in [3.63, 3.8) is 0 Å². The maximum Gasteiger partial charge on any atom is 0.153 e. The molecule has 0 aliphatic heterocycles. The van der Waals surface area contributed by atoms with Crippen molar-refractivity contribution in [1.82, 2.24) is 0 Å². The lowest BCUT2D eigenvalue weighted by molar-refractivity contribution is 0.616. The molecule has 0 fully saturated rings. The standard InChI is InChI=1S/C17H37ClSi/c1-4-6-8-10-12-14-16-19(3,18)17-15-13-11-9-7-5-2/h4-17H2,1-3H3. The fourth-order valence-electron chi connectivity index (χ4n) is 2.67. The molecular weight excluding hydrogens is 268 g/mol. The normalized spacial score (nSPS) is 12.0. The molecule has 0 heterocycles. The topological polar surface area (TPSA) is 0 Å². The summed E-state index contributed by atoms with van der Waals surface area (Å²) in [5.41, 5.74) is 0. The van der Waals surface area contributed by atoms with Crippen LogP contribution in [0.5, 0.6) is 0 Å². The maximum absolute atomic E-state index is 6.76. The Labute approximate surface area is 128 Å². The smallest absolute Gasteiger partial charge is 0.153 e. The Morgan fingerprint density at radius 3 is 1.26 bits per heavy atom. The molecule has 0 spiro atoms. The van der Waals surface area contributed by atoms with E-state index in [4.69, 9.17) is 11.1 Å². The fraction of sp³-hybridized carbons (Fsp3) is 1.00. The van der Waals surface area contributed by atoms with Gasteiger partial charge in [-0.1, -0.05) is 97.4 Å². The lowest BCUT2D eigenvalue weighted by Gasteiger charge is -2.19. The van der Waals surface area contributed by atoms with Crippen LogP contribution < -0.4 is 0 Å². The van der Waals surface area contributed by atoms with Crippen LogP contribution in [0.4, 0.5) is 0 Å². The third-order valence-corrected chi connectivity index (χ3v) is 8.03. The van der Waals surface area contributed by atoms with Crippen LogP contribution >= 0.6 is 11.1 Å². The zero-order valence-electron chi connectivity index (χ0n) is 13.8. The molecule has 0 radical (unpaired) electrons. The van der Waals surface area contributed by atoms with Crippen molar-refractivity contribution >= 4 is 18.5 Å². The first-order valence-electron chi connectivity index (χ1n) is 8.81. The average molecular weight is 305 g/mol. The molecule has 0 saturated carbocycles. The van der Waals surface area contributed by atoms with Crippen molar-refractivity contribution < 1.29 is 0 Å². The van der Waals surface area contributed by atoms with Gasteiger partial charge in [-0.15, -0.1) is 0 Å². The summed E-state index contributed by atoms with van der Waals surface area (Å²) in [4.78, 5) is 0. The van der Waals surface area contributed by atoms with Crippen LogP contribution in [0.1, 0.15) is 90.9 Å². The molecule has 116 valence electrons. The Morgan fingerprint density at radius 2 is 0.895 bits per heavy atom. The van der Waals surface area contributed by atoms with Crippen LogP contribution in [0.2, 0.25) is 18.6 Å². The minimum atomic E-state index is -1.37. The Balaban J connectivity index is 3.36. The van der Waals surface area contributed by atoms with E-state index in [-0.39, 0.29) is 0 Å². The van der Waals surface area contributed by atoms with E-state index in [1.54, 1.807) is 0 Å². The van der Waals surface area contributed by atoms with Gasteiger partial charge in [0.15, 0.2) is 7.38 Å². The van der Waals surface area contributed by atoms with Gasteiger partial charge in [0, 0.05) is 0 Å². The summed E-state index contributed by atoms with van der Waals surface area (Å²) in [7, 11) is -1.37. The van der Waals surface area contributed by atoms with E-state index in [1.165, 1.54) is 89.1 Å². The number of halogens is 1. The first-order valence-corrected chi connectivity index (χ1v) is 12.7. The molecule has 0 aromatic rings. The van der Waals surface area contributed by atoms with Gasteiger partial charge in [0.2, 0.25) is 0 Å². The Hall–Kier alpha value is 0.507. The molecule has 0 aromatic carbocycles. The highest BCUT2D eigenvalue weighted by Crippen LogP contribution is 2.26. The minimum absolute atomic E-state index is 1.34. The zero-order valence-corrected chi connectivity index (χ0v) is 15.5. The number of unbranched alkanes of at least 4 members (excludes halogenated alkanes) is 10. The third kappa shape index (κ3) is 14.7. The average Bonchev–Trinajstić information content (AvgIpc) is 2.38. The molecule has 19 heavy (non-hydrogen) atoms. The van der Waals surface area contributed by atoms with Gasteiger partial charge in [-0.05, 0) is 12.1 Å². The molecule has 0 aliphatic carbocycles. The van der Waals surface area contributed by atoms with Crippen molar-refractivity contribution in [3.05, 3.63) is 0 Å². The molecule has 0 amide bonds. The highest BCUT2D eigenvalue weighted by Gasteiger charge is 2.22. The van der Waals surface area contributed by atoms with Gasteiger partial charge in [-0.25, -0.2) is 0 Å². The predicted molar refractivity (Wildman–Crippen MR) is 93.8 cm³/mol. The predicted octanol–water partition coefficient (Wildman–Crippen LogP) is 7.52. The monoisotopic (exact) mass is 304 g/mol. The van der Waals surface area contributed by atoms with E-state index in [0.717, 1.165) is 0 Å². The van der Waals surface area contributed by atoms with E-state index in [1.807, 2.05) is 0 Å². The molecule has 0 saturated heterocycles. The molecule has 2 heteroatoms. The van der Waals surface area contributed by atoms with Gasteiger partial charge in [-0.3, -0.25) is 0 Å². The molecular formula is C17H37ClSi. The largest absolute Gasteiger partial charge is 0.167 e. The lowest BCUT2D eigenvalue weighted by atomic mass is 10.1. The van der Waals surface area contributed by atoms with Crippen molar-refractivity contribution in [2.75, 3.05) is 0 Å². The van der Waals surface area contributed by atoms with Gasteiger partial charge < -0.3 is 0 Å².